The molecule has 0 aliphatic rings. The number of rotatable bonds is 8. The number of aromatic nitrogens is 4. The number of imidazole rings is 1. The fourth-order valence-electron chi connectivity index (χ4n) is 3.40. The van der Waals surface area contributed by atoms with Gasteiger partial charge in [-0.15, -0.1) is 0 Å². The second-order valence-corrected chi connectivity index (χ2v) is 7.40. The van der Waals surface area contributed by atoms with Crippen LogP contribution in [0.3, 0.4) is 0 Å². The van der Waals surface area contributed by atoms with E-state index in [1.165, 1.54) is 10.1 Å². The lowest BCUT2D eigenvalue weighted by atomic mass is 10.1. The van der Waals surface area contributed by atoms with Crippen LogP contribution in [0.4, 0.5) is 5.95 Å². The van der Waals surface area contributed by atoms with Gasteiger partial charge in [0.1, 0.15) is 18.5 Å². The zero-order valence-corrected chi connectivity index (χ0v) is 18.1. The number of nitrogens with zero attached hydrogens (tertiary/aromatic N) is 4. The van der Waals surface area contributed by atoms with Crippen molar-refractivity contribution in [1.82, 2.24) is 19.1 Å². The molecule has 0 fully saturated rings. The SMILES string of the molecule is CCN(CC)c1nc2c(c(=O)[nH]c(=O)n2C)n1C[C@@H](O)COc1ccc(C)c(C)c1. The van der Waals surface area contributed by atoms with Crippen molar-refractivity contribution in [3.05, 3.63) is 50.2 Å². The third-order valence-electron chi connectivity index (χ3n) is 5.35. The van der Waals surface area contributed by atoms with Crippen LogP contribution in [0.5, 0.6) is 5.75 Å². The van der Waals surface area contributed by atoms with E-state index in [1.807, 2.05) is 50.8 Å². The van der Waals surface area contributed by atoms with Crippen LogP contribution in [0.1, 0.15) is 25.0 Å². The summed E-state index contributed by atoms with van der Waals surface area (Å²) in [5, 5.41) is 10.7. The first-order valence-corrected chi connectivity index (χ1v) is 10.1. The first-order valence-electron chi connectivity index (χ1n) is 10.1. The van der Waals surface area contributed by atoms with Crippen molar-refractivity contribution < 1.29 is 9.84 Å². The highest BCUT2D eigenvalue weighted by atomic mass is 16.5. The highest BCUT2D eigenvalue weighted by Crippen LogP contribution is 2.21. The molecule has 1 aromatic carbocycles. The van der Waals surface area contributed by atoms with Gasteiger partial charge in [0.2, 0.25) is 5.95 Å². The molecular formula is C21H29N5O4. The Morgan fingerprint density at radius 2 is 1.90 bits per heavy atom. The van der Waals surface area contributed by atoms with E-state index in [0.717, 1.165) is 5.56 Å². The molecule has 9 heteroatoms. The maximum Gasteiger partial charge on any atom is 0.329 e. The quantitative estimate of drug-likeness (QED) is 0.575. The molecule has 162 valence electrons. The molecule has 1 atom stereocenters. The lowest BCUT2D eigenvalue weighted by Crippen LogP contribution is -2.32. The first-order chi connectivity index (χ1) is 14.3. The van der Waals surface area contributed by atoms with Gasteiger partial charge >= 0.3 is 5.69 Å². The standard InChI is InChI=1S/C21H29N5O4/c1-6-25(7-2)20-22-18-17(19(28)23-21(29)24(18)5)26(20)11-15(27)12-30-16-9-8-13(3)14(4)10-16/h8-10,15,27H,6-7,11-12H2,1-5H3,(H,23,28,29)/t15-/m1/s1. The second-order valence-electron chi connectivity index (χ2n) is 7.40. The van der Waals surface area contributed by atoms with Crippen LogP contribution in [0.15, 0.2) is 27.8 Å². The predicted octanol–water partition coefficient (Wildman–Crippen LogP) is 1.33. The summed E-state index contributed by atoms with van der Waals surface area (Å²) in [6, 6.07) is 5.76. The Morgan fingerprint density at radius 1 is 1.20 bits per heavy atom. The van der Waals surface area contributed by atoms with Crippen LogP contribution < -0.4 is 20.9 Å². The van der Waals surface area contributed by atoms with E-state index < -0.39 is 17.4 Å². The van der Waals surface area contributed by atoms with Crippen LogP contribution in [0.25, 0.3) is 11.2 Å². The Hall–Kier alpha value is -3.07. The molecule has 0 amide bonds. The van der Waals surface area contributed by atoms with Gasteiger partial charge in [-0.3, -0.25) is 14.3 Å². The molecular weight excluding hydrogens is 386 g/mol. The number of hydrogen-bond acceptors (Lipinski definition) is 6. The molecule has 0 aliphatic heterocycles. The molecule has 0 unspecified atom stereocenters. The van der Waals surface area contributed by atoms with Crippen molar-refractivity contribution >= 4 is 17.1 Å². The Balaban J connectivity index is 1.94. The number of ether oxygens (including phenoxy) is 1. The highest BCUT2D eigenvalue weighted by molar-refractivity contribution is 5.74. The summed E-state index contributed by atoms with van der Waals surface area (Å²) >= 11 is 0. The van der Waals surface area contributed by atoms with Gasteiger partial charge in [-0.2, -0.15) is 4.98 Å². The van der Waals surface area contributed by atoms with Crippen molar-refractivity contribution in [2.24, 2.45) is 7.05 Å². The summed E-state index contributed by atoms with van der Waals surface area (Å²) in [6.45, 7) is 9.49. The van der Waals surface area contributed by atoms with Gasteiger partial charge in [0, 0.05) is 20.1 Å². The zero-order chi connectivity index (χ0) is 22.0. The second kappa shape index (κ2) is 8.74. The van der Waals surface area contributed by atoms with Crippen molar-refractivity contribution in [3.8, 4) is 5.75 Å². The lowest BCUT2D eigenvalue weighted by Gasteiger charge is -2.22. The molecule has 0 radical (unpaired) electrons. The van der Waals surface area contributed by atoms with Gasteiger partial charge in [0.05, 0.1) is 6.54 Å². The topological polar surface area (TPSA) is 105 Å². The van der Waals surface area contributed by atoms with Crippen molar-refractivity contribution in [1.29, 1.82) is 0 Å². The Bertz CT molecular complexity index is 1160. The summed E-state index contributed by atoms with van der Waals surface area (Å²) < 4.78 is 8.72. The molecule has 0 saturated heterocycles. The third-order valence-corrected chi connectivity index (χ3v) is 5.35. The summed E-state index contributed by atoms with van der Waals surface area (Å²) in [5.41, 5.74) is 1.76. The van der Waals surface area contributed by atoms with Gasteiger partial charge in [-0.1, -0.05) is 6.07 Å². The molecule has 30 heavy (non-hydrogen) atoms. The minimum atomic E-state index is -0.880. The average Bonchev–Trinajstić information content (AvgIpc) is 3.08. The van der Waals surface area contributed by atoms with E-state index in [4.69, 9.17) is 4.74 Å². The van der Waals surface area contributed by atoms with Crippen molar-refractivity contribution in [3.63, 3.8) is 0 Å². The zero-order valence-electron chi connectivity index (χ0n) is 18.1. The first kappa shape index (κ1) is 21.6. The number of H-pyrrole nitrogens is 1. The summed E-state index contributed by atoms with van der Waals surface area (Å²) in [5.74, 6) is 1.21. The highest BCUT2D eigenvalue weighted by Gasteiger charge is 2.22. The van der Waals surface area contributed by atoms with Crippen LogP contribution in [-0.2, 0) is 13.6 Å². The smallest absolute Gasteiger partial charge is 0.329 e. The number of anilines is 1. The van der Waals surface area contributed by atoms with Crippen LogP contribution >= 0.6 is 0 Å². The lowest BCUT2D eigenvalue weighted by molar-refractivity contribution is 0.0936. The summed E-state index contributed by atoms with van der Waals surface area (Å²) in [7, 11) is 1.56. The number of benzene rings is 1. The average molecular weight is 415 g/mol. The molecule has 0 spiro atoms. The number of aliphatic hydroxyl groups excluding tert-OH is 1. The Labute approximate surface area is 174 Å². The van der Waals surface area contributed by atoms with E-state index in [-0.39, 0.29) is 24.3 Å². The number of aliphatic hydroxyl groups is 1. The normalized spacial score (nSPS) is 12.3. The van der Waals surface area contributed by atoms with Gasteiger partial charge in [0.25, 0.3) is 5.56 Å². The molecule has 3 rings (SSSR count). The largest absolute Gasteiger partial charge is 0.491 e. The molecule has 2 aromatic heterocycles. The monoisotopic (exact) mass is 415 g/mol. The van der Waals surface area contributed by atoms with E-state index >= 15 is 0 Å². The fraction of sp³-hybridized carbons (Fsp3) is 0.476. The van der Waals surface area contributed by atoms with Crippen LogP contribution in [0.2, 0.25) is 0 Å². The molecule has 0 bridgehead atoms. The third kappa shape index (κ3) is 4.11. The van der Waals surface area contributed by atoms with E-state index in [9.17, 15) is 14.7 Å². The minimum absolute atomic E-state index is 0.0591. The number of aromatic amines is 1. The molecule has 3 aromatic rings. The maximum absolute atomic E-state index is 12.6. The molecule has 2 heterocycles. The van der Waals surface area contributed by atoms with Crippen LogP contribution in [0, 0.1) is 13.8 Å². The van der Waals surface area contributed by atoms with Gasteiger partial charge in [-0.25, -0.2) is 4.79 Å². The minimum Gasteiger partial charge on any atom is -0.491 e. The maximum atomic E-state index is 12.6. The van der Waals surface area contributed by atoms with Crippen LogP contribution in [-0.4, -0.2) is 50.0 Å². The van der Waals surface area contributed by atoms with E-state index in [1.54, 1.807) is 11.6 Å². The Kier molecular flexibility index (Phi) is 6.31. The summed E-state index contributed by atoms with van der Waals surface area (Å²) in [4.78, 5) is 33.4. The number of nitrogens with one attached hydrogen (secondary N) is 1. The number of hydrogen-bond donors (Lipinski definition) is 2. The molecule has 2 N–H and O–H groups in total. The summed E-state index contributed by atoms with van der Waals surface area (Å²) in [6.07, 6.45) is -0.880. The molecule has 0 saturated carbocycles. The van der Waals surface area contributed by atoms with Gasteiger partial charge in [-0.05, 0) is 51.0 Å². The number of aryl methyl sites for hydroxylation is 3. The van der Waals surface area contributed by atoms with Crippen molar-refractivity contribution in [2.75, 3.05) is 24.6 Å². The van der Waals surface area contributed by atoms with Crippen molar-refractivity contribution in [2.45, 2.75) is 40.3 Å². The van der Waals surface area contributed by atoms with Gasteiger partial charge in [0.15, 0.2) is 11.2 Å². The molecule has 0 aliphatic carbocycles. The molecule has 9 nitrogen and oxygen atoms in total. The fourth-order valence-corrected chi connectivity index (χ4v) is 3.40. The number of fused-ring (bicyclic) bond motifs is 1. The van der Waals surface area contributed by atoms with Gasteiger partial charge < -0.3 is 19.3 Å². The van der Waals surface area contributed by atoms with E-state index in [2.05, 4.69) is 9.97 Å². The Morgan fingerprint density at radius 3 is 2.53 bits per heavy atom. The predicted molar refractivity (Wildman–Crippen MR) is 117 cm³/mol. The van der Waals surface area contributed by atoms with E-state index in [0.29, 0.717) is 24.8 Å².